The van der Waals surface area contributed by atoms with Crippen molar-refractivity contribution in [3.8, 4) is 0 Å². The Labute approximate surface area is 124 Å². The summed E-state index contributed by atoms with van der Waals surface area (Å²) in [6.45, 7) is 4.94. The minimum Gasteiger partial charge on any atom is -0.323 e. The Morgan fingerprint density at radius 1 is 1.14 bits per heavy atom. The molecule has 1 aliphatic heterocycles. The number of aryl methyl sites for hydroxylation is 1. The topological polar surface area (TPSA) is 29.3 Å². The number of halogens is 3. The molecule has 118 valence electrons. The maximum atomic E-state index is 12.7. The van der Waals surface area contributed by atoms with Crippen molar-refractivity contribution >= 4 is 0 Å². The molecule has 0 amide bonds. The van der Waals surface area contributed by atoms with Gasteiger partial charge in [-0.05, 0) is 45.3 Å². The first-order valence-corrected chi connectivity index (χ1v) is 7.42. The fourth-order valence-corrected chi connectivity index (χ4v) is 2.93. The molecule has 2 atom stereocenters. The summed E-state index contributed by atoms with van der Waals surface area (Å²) in [6, 6.07) is 7.89. The van der Waals surface area contributed by atoms with Crippen LogP contribution in [-0.2, 0) is 0 Å². The third kappa shape index (κ3) is 3.98. The third-order valence-corrected chi connectivity index (χ3v) is 4.55. The number of alkyl halides is 3. The first kappa shape index (κ1) is 16.3. The van der Waals surface area contributed by atoms with Gasteiger partial charge in [0.1, 0.15) is 0 Å². The molecule has 1 saturated heterocycles. The fraction of sp³-hybridized carbons (Fsp3) is 0.625. The molecule has 0 radical (unpaired) electrons. The monoisotopic (exact) mass is 300 g/mol. The van der Waals surface area contributed by atoms with Gasteiger partial charge in [0.05, 0.1) is 5.92 Å². The van der Waals surface area contributed by atoms with Crippen molar-refractivity contribution in [1.82, 2.24) is 4.90 Å². The van der Waals surface area contributed by atoms with Crippen molar-refractivity contribution in [2.45, 2.75) is 44.9 Å². The van der Waals surface area contributed by atoms with Crippen LogP contribution in [0.2, 0.25) is 0 Å². The van der Waals surface area contributed by atoms with E-state index in [1.165, 1.54) is 5.56 Å². The Morgan fingerprint density at radius 3 is 2.14 bits per heavy atom. The molecule has 0 spiro atoms. The van der Waals surface area contributed by atoms with Gasteiger partial charge in [-0.15, -0.1) is 0 Å². The molecule has 2 rings (SSSR count). The maximum absolute atomic E-state index is 12.7. The Hall–Kier alpha value is -1.07. The molecule has 21 heavy (non-hydrogen) atoms. The van der Waals surface area contributed by atoms with E-state index in [1.807, 2.05) is 38.1 Å². The molecule has 0 aliphatic carbocycles. The highest BCUT2D eigenvalue weighted by Gasteiger charge is 2.41. The fourth-order valence-electron chi connectivity index (χ4n) is 2.93. The molecule has 1 aromatic rings. The van der Waals surface area contributed by atoms with E-state index in [1.54, 1.807) is 0 Å². The average Bonchev–Trinajstić information content (AvgIpc) is 2.46. The maximum Gasteiger partial charge on any atom is 0.391 e. The van der Waals surface area contributed by atoms with Crippen molar-refractivity contribution in [2.24, 2.45) is 11.7 Å². The smallest absolute Gasteiger partial charge is 0.323 e. The SMILES string of the molecule is Cc1ccc(C(N)C(C)N2CCC(C(F)(F)F)CC2)cc1. The predicted octanol–water partition coefficient (Wildman–Crippen LogP) is 3.66. The van der Waals surface area contributed by atoms with Gasteiger partial charge in [-0.1, -0.05) is 29.8 Å². The molecular weight excluding hydrogens is 277 g/mol. The second kappa shape index (κ2) is 6.36. The van der Waals surface area contributed by atoms with Crippen molar-refractivity contribution in [3.05, 3.63) is 35.4 Å². The first-order chi connectivity index (χ1) is 9.79. The number of piperidine rings is 1. The molecule has 1 aromatic carbocycles. The first-order valence-electron chi connectivity index (χ1n) is 7.42. The minimum atomic E-state index is -4.06. The lowest BCUT2D eigenvalue weighted by Gasteiger charge is -2.39. The van der Waals surface area contributed by atoms with Crippen molar-refractivity contribution in [3.63, 3.8) is 0 Å². The summed E-state index contributed by atoms with van der Waals surface area (Å²) >= 11 is 0. The number of likely N-dealkylation sites (tertiary alicyclic amines) is 1. The number of nitrogens with zero attached hydrogens (tertiary/aromatic N) is 1. The number of benzene rings is 1. The second-order valence-corrected chi connectivity index (χ2v) is 6.03. The van der Waals surface area contributed by atoms with Crippen LogP contribution in [0.15, 0.2) is 24.3 Å². The summed E-state index contributed by atoms with van der Waals surface area (Å²) < 4.78 is 38.1. The highest BCUT2D eigenvalue weighted by molar-refractivity contribution is 5.24. The Bertz CT molecular complexity index is 448. The Morgan fingerprint density at radius 2 is 1.67 bits per heavy atom. The van der Waals surface area contributed by atoms with Crippen LogP contribution in [-0.4, -0.2) is 30.2 Å². The molecule has 1 heterocycles. The summed E-state index contributed by atoms with van der Waals surface area (Å²) in [5.41, 5.74) is 8.48. The lowest BCUT2D eigenvalue weighted by atomic mass is 9.92. The van der Waals surface area contributed by atoms with E-state index in [9.17, 15) is 13.2 Å². The molecule has 5 heteroatoms. The zero-order valence-corrected chi connectivity index (χ0v) is 12.5. The zero-order valence-electron chi connectivity index (χ0n) is 12.5. The second-order valence-electron chi connectivity index (χ2n) is 6.03. The molecule has 0 saturated carbocycles. The number of nitrogens with two attached hydrogens (primary N) is 1. The lowest BCUT2D eigenvalue weighted by molar-refractivity contribution is -0.186. The van der Waals surface area contributed by atoms with Gasteiger partial charge in [-0.25, -0.2) is 0 Å². The van der Waals surface area contributed by atoms with Crippen LogP contribution in [0.4, 0.5) is 13.2 Å². The molecule has 2 nitrogen and oxygen atoms in total. The van der Waals surface area contributed by atoms with Crippen LogP contribution in [0.1, 0.15) is 36.9 Å². The number of hydrogen-bond donors (Lipinski definition) is 1. The minimum absolute atomic E-state index is 0.0434. The average molecular weight is 300 g/mol. The van der Waals surface area contributed by atoms with Crippen LogP contribution < -0.4 is 5.73 Å². The van der Waals surface area contributed by atoms with Gasteiger partial charge in [0.2, 0.25) is 0 Å². The molecule has 1 aliphatic rings. The van der Waals surface area contributed by atoms with Crippen LogP contribution in [0.3, 0.4) is 0 Å². The van der Waals surface area contributed by atoms with E-state index in [4.69, 9.17) is 5.73 Å². The Kier molecular flexibility index (Phi) is 4.94. The third-order valence-electron chi connectivity index (χ3n) is 4.55. The summed E-state index contributed by atoms with van der Waals surface area (Å²) in [7, 11) is 0. The Balaban J connectivity index is 1.95. The number of hydrogen-bond acceptors (Lipinski definition) is 2. The predicted molar refractivity (Wildman–Crippen MR) is 77.9 cm³/mol. The van der Waals surface area contributed by atoms with Crippen molar-refractivity contribution < 1.29 is 13.2 Å². The summed E-state index contributed by atoms with van der Waals surface area (Å²) in [4.78, 5) is 2.08. The van der Waals surface area contributed by atoms with Gasteiger partial charge < -0.3 is 5.73 Å². The van der Waals surface area contributed by atoms with Crippen LogP contribution in [0.5, 0.6) is 0 Å². The van der Waals surface area contributed by atoms with Gasteiger partial charge in [0, 0.05) is 12.1 Å². The van der Waals surface area contributed by atoms with E-state index < -0.39 is 12.1 Å². The van der Waals surface area contributed by atoms with Gasteiger partial charge in [-0.2, -0.15) is 13.2 Å². The molecular formula is C16H23F3N2. The lowest BCUT2D eigenvalue weighted by Crippen LogP contribution is -2.47. The highest BCUT2D eigenvalue weighted by atomic mass is 19.4. The quantitative estimate of drug-likeness (QED) is 0.923. The van der Waals surface area contributed by atoms with Crippen molar-refractivity contribution in [1.29, 1.82) is 0 Å². The summed E-state index contributed by atoms with van der Waals surface area (Å²) in [6.07, 6.45) is -3.71. The molecule has 0 aromatic heterocycles. The van der Waals surface area contributed by atoms with E-state index in [-0.39, 0.29) is 24.9 Å². The molecule has 1 fully saturated rings. The standard InChI is InChI=1S/C16H23F3N2/c1-11-3-5-13(6-4-11)15(20)12(2)21-9-7-14(8-10-21)16(17,18)19/h3-6,12,14-15H,7-10,20H2,1-2H3. The van der Waals surface area contributed by atoms with Crippen LogP contribution in [0, 0.1) is 12.8 Å². The van der Waals surface area contributed by atoms with E-state index in [0.29, 0.717) is 13.1 Å². The summed E-state index contributed by atoms with van der Waals surface area (Å²) in [5.74, 6) is -1.16. The van der Waals surface area contributed by atoms with Gasteiger partial charge in [-0.3, -0.25) is 4.90 Å². The van der Waals surface area contributed by atoms with E-state index in [0.717, 1.165) is 5.56 Å². The molecule has 2 unspecified atom stereocenters. The van der Waals surface area contributed by atoms with E-state index >= 15 is 0 Å². The molecule has 2 N–H and O–H groups in total. The normalized spacial score (nSPS) is 21.2. The van der Waals surface area contributed by atoms with Crippen molar-refractivity contribution in [2.75, 3.05) is 13.1 Å². The molecule has 0 bridgehead atoms. The van der Waals surface area contributed by atoms with Gasteiger partial charge in [0.15, 0.2) is 0 Å². The van der Waals surface area contributed by atoms with Crippen LogP contribution in [0.25, 0.3) is 0 Å². The highest BCUT2D eigenvalue weighted by Crippen LogP contribution is 2.35. The number of rotatable bonds is 3. The van der Waals surface area contributed by atoms with Crippen LogP contribution >= 0.6 is 0 Å². The largest absolute Gasteiger partial charge is 0.391 e. The summed E-state index contributed by atoms with van der Waals surface area (Å²) in [5, 5.41) is 0. The van der Waals surface area contributed by atoms with Gasteiger partial charge in [0.25, 0.3) is 0 Å². The zero-order chi connectivity index (χ0) is 15.6. The van der Waals surface area contributed by atoms with Gasteiger partial charge >= 0.3 is 6.18 Å². The van der Waals surface area contributed by atoms with E-state index in [2.05, 4.69) is 4.90 Å².